The minimum atomic E-state index is -4.91. The van der Waals surface area contributed by atoms with Crippen LogP contribution in [0.5, 0.6) is 17.2 Å². The van der Waals surface area contributed by atoms with Crippen LogP contribution in [-0.4, -0.2) is 47.3 Å². The molecule has 8 nitrogen and oxygen atoms in total. The highest BCUT2D eigenvalue weighted by molar-refractivity contribution is 6.30. The minimum Gasteiger partial charge on any atom is -0.497 e. The van der Waals surface area contributed by atoms with Gasteiger partial charge in [-0.05, 0) is 35.9 Å². The van der Waals surface area contributed by atoms with Crippen LogP contribution in [0.3, 0.4) is 0 Å². The number of carboxylic acid groups (broad SMARTS) is 1. The Bertz CT molecular complexity index is 1640. The Labute approximate surface area is 241 Å². The first-order valence-electron chi connectivity index (χ1n) is 12.5. The molecule has 220 valence electrons. The van der Waals surface area contributed by atoms with Gasteiger partial charge >= 0.3 is 12.3 Å². The maximum Gasteiger partial charge on any atom is 0.573 e. The molecule has 0 spiro atoms. The van der Waals surface area contributed by atoms with Crippen LogP contribution in [0.4, 0.5) is 23.2 Å². The van der Waals surface area contributed by atoms with Gasteiger partial charge in [0.2, 0.25) is 0 Å². The summed E-state index contributed by atoms with van der Waals surface area (Å²) < 4.78 is 69.3. The zero-order valence-electron chi connectivity index (χ0n) is 21.8. The predicted octanol–water partition coefficient (Wildman–Crippen LogP) is 6.89. The molecule has 1 aliphatic rings. The molecule has 0 saturated heterocycles. The Morgan fingerprint density at radius 1 is 1.07 bits per heavy atom. The Hall–Kier alpha value is -4.45. The number of hydrogen-bond donors (Lipinski definition) is 2. The topological polar surface area (TPSA) is 99.0 Å². The van der Waals surface area contributed by atoms with Gasteiger partial charge in [-0.3, -0.25) is 14.2 Å². The number of carbonyl (C=O) groups is 2. The summed E-state index contributed by atoms with van der Waals surface area (Å²) in [4.78, 5) is 25.1. The number of rotatable bonds is 10. The molecule has 3 unspecified atom stereocenters. The minimum absolute atomic E-state index is 0.160. The standard InChI is InChI=1S/C29H23ClF4N2O6/c1-40-21-10-19(11-22(12-21)41-15-28(31)14-23(28)27(38)39)35-25(17-2-5-18(30)6-3-17)26(37)36-9-8-16-4-7-20(13-24(16)36)42-29(32,33)34/h2-13,23,25,35H,14-15H2,1H3,(H,38,39). The van der Waals surface area contributed by atoms with Gasteiger partial charge in [-0.1, -0.05) is 23.7 Å². The summed E-state index contributed by atoms with van der Waals surface area (Å²) >= 11 is 6.05. The molecule has 1 heterocycles. The Morgan fingerprint density at radius 2 is 1.79 bits per heavy atom. The quantitative estimate of drug-likeness (QED) is 0.190. The molecule has 5 rings (SSSR count). The van der Waals surface area contributed by atoms with Crippen molar-refractivity contribution in [2.45, 2.75) is 24.5 Å². The normalized spacial score (nSPS) is 18.8. The third kappa shape index (κ3) is 6.38. The largest absolute Gasteiger partial charge is 0.573 e. The fraction of sp³-hybridized carbons (Fsp3) is 0.241. The van der Waals surface area contributed by atoms with Crippen molar-refractivity contribution < 1.29 is 46.5 Å². The molecule has 42 heavy (non-hydrogen) atoms. The lowest BCUT2D eigenvalue weighted by molar-refractivity contribution is -0.274. The lowest BCUT2D eigenvalue weighted by Gasteiger charge is -2.22. The molecule has 0 bridgehead atoms. The average molecular weight is 607 g/mol. The highest BCUT2D eigenvalue weighted by Crippen LogP contribution is 2.48. The number of methoxy groups -OCH3 is 1. The Morgan fingerprint density at radius 3 is 2.43 bits per heavy atom. The second-order valence-corrected chi connectivity index (χ2v) is 10.2. The van der Waals surface area contributed by atoms with Crippen LogP contribution in [0.2, 0.25) is 5.02 Å². The smallest absolute Gasteiger partial charge is 0.497 e. The van der Waals surface area contributed by atoms with E-state index in [-0.39, 0.29) is 17.7 Å². The van der Waals surface area contributed by atoms with Gasteiger partial charge < -0.3 is 24.6 Å². The van der Waals surface area contributed by atoms with Gasteiger partial charge in [-0.15, -0.1) is 13.2 Å². The maximum absolute atomic E-state index is 14.7. The summed E-state index contributed by atoms with van der Waals surface area (Å²) in [6.07, 6.45) is -3.64. The number of aromatic nitrogens is 1. The van der Waals surface area contributed by atoms with Crippen LogP contribution < -0.4 is 19.5 Å². The molecule has 1 aliphatic carbocycles. The highest BCUT2D eigenvalue weighted by atomic mass is 35.5. The van der Waals surface area contributed by atoms with Gasteiger partial charge in [0, 0.05) is 53.0 Å². The van der Waals surface area contributed by atoms with E-state index >= 15 is 0 Å². The molecule has 3 aromatic carbocycles. The van der Waals surface area contributed by atoms with Crippen molar-refractivity contribution in [2.75, 3.05) is 19.0 Å². The number of hydrogen-bond acceptors (Lipinski definition) is 6. The molecule has 3 atom stereocenters. The van der Waals surface area contributed by atoms with E-state index in [1.165, 1.54) is 36.1 Å². The zero-order chi connectivity index (χ0) is 30.2. The van der Waals surface area contributed by atoms with E-state index in [4.69, 9.17) is 26.2 Å². The lowest BCUT2D eigenvalue weighted by Crippen LogP contribution is -2.26. The summed E-state index contributed by atoms with van der Waals surface area (Å²) in [6.45, 7) is -0.492. The molecule has 1 saturated carbocycles. The van der Waals surface area contributed by atoms with Crippen molar-refractivity contribution in [3.05, 3.63) is 83.5 Å². The van der Waals surface area contributed by atoms with Crippen LogP contribution >= 0.6 is 11.6 Å². The summed E-state index contributed by atoms with van der Waals surface area (Å²) in [5.74, 6) is -2.96. The number of halogens is 5. The number of alkyl halides is 4. The molecule has 0 aliphatic heterocycles. The van der Waals surface area contributed by atoms with Gasteiger partial charge in [0.1, 0.15) is 29.9 Å². The number of fused-ring (bicyclic) bond motifs is 1. The van der Waals surface area contributed by atoms with Crippen molar-refractivity contribution in [2.24, 2.45) is 5.92 Å². The maximum atomic E-state index is 14.7. The van der Waals surface area contributed by atoms with Crippen LogP contribution in [0, 0.1) is 5.92 Å². The Kier molecular flexibility index (Phi) is 7.67. The molecule has 2 N–H and O–H groups in total. The molecule has 4 aromatic rings. The summed E-state index contributed by atoms with van der Waals surface area (Å²) in [6, 6.07) is 15.1. The molecule has 0 amide bonds. The third-order valence-electron chi connectivity index (χ3n) is 6.80. The van der Waals surface area contributed by atoms with E-state index in [0.29, 0.717) is 27.4 Å². The fourth-order valence-electron chi connectivity index (χ4n) is 4.55. The molecular weight excluding hydrogens is 584 g/mol. The fourth-order valence-corrected chi connectivity index (χ4v) is 4.68. The number of aliphatic carboxylic acids is 1. The number of nitrogens with one attached hydrogen (secondary N) is 1. The number of carboxylic acids is 1. The van der Waals surface area contributed by atoms with Crippen molar-refractivity contribution in [3.8, 4) is 17.2 Å². The van der Waals surface area contributed by atoms with Crippen molar-refractivity contribution in [1.29, 1.82) is 0 Å². The first kappa shape index (κ1) is 29.1. The zero-order valence-corrected chi connectivity index (χ0v) is 22.6. The van der Waals surface area contributed by atoms with Crippen molar-refractivity contribution in [3.63, 3.8) is 0 Å². The average Bonchev–Trinajstić information content (AvgIpc) is 3.45. The number of anilines is 1. The number of carbonyl (C=O) groups excluding carboxylic acids is 1. The van der Waals surface area contributed by atoms with Gasteiger partial charge in [-0.2, -0.15) is 0 Å². The number of benzene rings is 3. The summed E-state index contributed by atoms with van der Waals surface area (Å²) in [5, 5.41) is 13.1. The number of nitrogens with zero attached hydrogens (tertiary/aromatic N) is 1. The first-order valence-corrected chi connectivity index (χ1v) is 12.9. The third-order valence-corrected chi connectivity index (χ3v) is 7.05. The molecule has 1 aromatic heterocycles. The predicted molar refractivity (Wildman–Crippen MR) is 145 cm³/mol. The number of ether oxygens (including phenoxy) is 3. The lowest BCUT2D eigenvalue weighted by atomic mass is 10.1. The van der Waals surface area contributed by atoms with Crippen LogP contribution in [0.15, 0.2) is 72.9 Å². The summed E-state index contributed by atoms with van der Waals surface area (Å²) in [5.41, 5.74) is -1.00. The van der Waals surface area contributed by atoms with Gasteiger partial charge in [0.15, 0.2) is 5.67 Å². The van der Waals surface area contributed by atoms with Gasteiger partial charge in [0.25, 0.3) is 5.91 Å². The van der Waals surface area contributed by atoms with E-state index in [1.54, 1.807) is 36.4 Å². The summed E-state index contributed by atoms with van der Waals surface area (Å²) in [7, 11) is 1.40. The van der Waals surface area contributed by atoms with Crippen LogP contribution in [0.25, 0.3) is 10.9 Å². The van der Waals surface area contributed by atoms with Gasteiger partial charge in [0.05, 0.1) is 18.5 Å². The van der Waals surface area contributed by atoms with E-state index in [0.717, 1.165) is 12.1 Å². The monoisotopic (exact) mass is 606 g/mol. The van der Waals surface area contributed by atoms with Crippen LogP contribution in [-0.2, 0) is 4.79 Å². The first-order chi connectivity index (χ1) is 19.8. The van der Waals surface area contributed by atoms with E-state index < -0.39 is 48.2 Å². The van der Waals surface area contributed by atoms with Crippen molar-refractivity contribution >= 4 is 40.1 Å². The molecule has 1 fully saturated rings. The highest BCUT2D eigenvalue weighted by Gasteiger charge is 2.61. The van der Waals surface area contributed by atoms with E-state index in [1.807, 2.05) is 0 Å². The van der Waals surface area contributed by atoms with Gasteiger partial charge in [-0.25, -0.2) is 4.39 Å². The van der Waals surface area contributed by atoms with Crippen LogP contribution in [0.1, 0.15) is 22.8 Å². The molecule has 0 radical (unpaired) electrons. The van der Waals surface area contributed by atoms with Crippen molar-refractivity contribution in [1.82, 2.24) is 4.57 Å². The second-order valence-electron chi connectivity index (χ2n) is 9.74. The second kappa shape index (κ2) is 11.1. The molecule has 13 heteroatoms. The Balaban J connectivity index is 1.47. The SMILES string of the molecule is COc1cc(NC(C(=O)n2ccc3ccc(OC(F)(F)F)cc32)c2ccc(Cl)cc2)cc(OCC2(F)CC2C(=O)O)c1. The van der Waals surface area contributed by atoms with E-state index in [2.05, 4.69) is 10.1 Å². The van der Waals surface area contributed by atoms with E-state index in [9.17, 15) is 27.2 Å². The molecular formula is C29H23ClF4N2O6.